The van der Waals surface area contributed by atoms with Crippen LogP contribution in [0.4, 0.5) is 5.69 Å². The molecule has 0 spiro atoms. The summed E-state index contributed by atoms with van der Waals surface area (Å²) in [5.74, 6) is 0.767. The van der Waals surface area contributed by atoms with Gasteiger partial charge in [0.2, 0.25) is 11.8 Å². The zero-order valence-corrected chi connectivity index (χ0v) is 20.8. The van der Waals surface area contributed by atoms with Crippen molar-refractivity contribution in [2.24, 2.45) is 11.8 Å². The highest BCUT2D eigenvalue weighted by Gasteiger charge is 2.32. The lowest BCUT2D eigenvalue weighted by Gasteiger charge is -2.34. The summed E-state index contributed by atoms with van der Waals surface area (Å²) >= 11 is 0. The van der Waals surface area contributed by atoms with Gasteiger partial charge in [-0.25, -0.2) is 0 Å². The molecule has 3 atom stereocenters. The number of aliphatic hydroxyl groups is 1. The molecule has 0 bridgehead atoms. The maximum absolute atomic E-state index is 13.3. The minimum atomic E-state index is -0.292. The Morgan fingerprint density at radius 3 is 2.71 bits per heavy atom. The van der Waals surface area contributed by atoms with E-state index in [-0.39, 0.29) is 48.8 Å². The van der Waals surface area contributed by atoms with Gasteiger partial charge in [0.15, 0.2) is 0 Å². The molecule has 1 aliphatic carbocycles. The third-order valence-corrected chi connectivity index (χ3v) is 6.83. The molecular weight excluding hydrogens is 444 g/mol. The van der Waals surface area contributed by atoms with Crippen LogP contribution < -0.4 is 10.1 Å². The number of hydrogen-bond donors (Lipinski definition) is 2. The summed E-state index contributed by atoms with van der Waals surface area (Å²) in [5.41, 5.74) is 2.59. The van der Waals surface area contributed by atoms with Gasteiger partial charge in [-0.2, -0.15) is 0 Å². The summed E-state index contributed by atoms with van der Waals surface area (Å²) < 4.78 is 6.56. The number of fused-ring (bicyclic) bond motifs is 1. The van der Waals surface area contributed by atoms with Crippen molar-refractivity contribution in [3.63, 3.8) is 0 Å². The number of pyridine rings is 1. The van der Waals surface area contributed by atoms with E-state index in [0.29, 0.717) is 24.5 Å². The van der Waals surface area contributed by atoms with E-state index in [0.717, 1.165) is 24.9 Å². The summed E-state index contributed by atoms with van der Waals surface area (Å²) in [6, 6.07) is 9.26. The molecule has 1 aromatic heterocycles. The molecule has 2 N–H and O–H groups in total. The lowest BCUT2D eigenvalue weighted by atomic mass is 10.0. The average molecular weight is 481 g/mol. The van der Waals surface area contributed by atoms with E-state index < -0.39 is 0 Å². The number of nitrogens with zero attached hydrogens (tertiary/aromatic N) is 3. The first-order valence-corrected chi connectivity index (χ1v) is 12.4. The first-order valence-electron chi connectivity index (χ1n) is 12.4. The van der Waals surface area contributed by atoms with Crippen LogP contribution in [0.3, 0.4) is 0 Å². The standard InChI is InChI=1S/C27H36N4O4/c1-18-14-31(19(2)17-32)26(33)13-22-12-23(29-27(34)21-4-5-21)6-7-24(22)35-25(18)16-30(3)15-20-8-10-28-11-9-20/h6-12,18-19,21,25,32H,4-5,13-17H2,1-3H3,(H,29,34)/t18-,19+,25-/m0/s1. The Labute approximate surface area is 207 Å². The Morgan fingerprint density at radius 2 is 2.03 bits per heavy atom. The molecule has 1 fully saturated rings. The fourth-order valence-corrected chi connectivity index (χ4v) is 4.49. The highest BCUT2D eigenvalue weighted by molar-refractivity contribution is 5.94. The van der Waals surface area contributed by atoms with E-state index in [1.54, 1.807) is 17.3 Å². The van der Waals surface area contributed by atoms with Crippen molar-refractivity contribution >= 4 is 17.5 Å². The van der Waals surface area contributed by atoms with Gasteiger partial charge < -0.3 is 20.1 Å². The van der Waals surface area contributed by atoms with Crippen LogP contribution in [-0.2, 0) is 22.6 Å². The Bertz CT molecular complexity index is 1030. The number of carbonyl (C=O) groups is 2. The second-order valence-electron chi connectivity index (χ2n) is 10.0. The predicted molar refractivity (Wildman–Crippen MR) is 134 cm³/mol. The minimum absolute atomic E-state index is 0.0278. The van der Waals surface area contributed by atoms with Crippen molar-refractivity contribution in [2.75, 3.05) is 32.1 Å². The van der Waals surface area contributed by atoms with Crippen LogP contribution in [0, 0.1) is 11.8 Å². The number of anilines is 1. The summed E-state index contributed by atoms with van der Waals surface area (Å²) in [7, 11) is 2.06. The van der Waals surface area contributed by atoms with Crippen molar-refractivity contribution in [1.29, 1.82) is 0 Å². The van der Waals surface area contributed by atoms with Crippen molar-refractivity contribution in [3.8, 4) is 5.75 Å². The first-order chi connectivity index (χ1) is 16.8. The normalized spacial score (nSPS) is 21.4. The van der Waals surface area contributed by atoms with Gasteiger partial charge in [-0.1, -0.05) is 6.92 Å². The molecule has 4 rings (SSSR count). The van der Waals surface area contributed by atoms with E-state index in [9.17, 15) is 14.7 Å². The van der Waals surface area contributed by atoms with Crippen molar-refractivity contribution in [3.05, 3.63) is 53.9 Å². The third-order valence-electron chi connectivity index (χ3n) is 6.83. The summed E-state index contributed by atoms with van der Waals surface area (Å²) in [5, 5.41) is 12.8. The Balaban J connectivity index is 1.58. The van der Waals surface area contributed by atoms with Gasteiger partial charge in [-0.15, -0.1) is 0 Å². The van der Waals surface area contributed by atoms with Crippen LogP contribution in [0.5, 0.6) is 5.75 Å². The molecule has 0 radical (unpaired) electrons. The fourth-order valence-electron chi connectivity index (χ4n) is 4.49. The Hall–Kier alpha value is -2.97. The number of hydrogen-bond acceptors (Lipinski definition) is 6. The topological polar surface area (TPSA) is 95.0 Å². The number of aromatic nitrogens is 1. The van der Waals surface area contributed by atoms with Gasteiger partial charge in [-0.05, 0) is 62.7 Å². The number of aliphatic hydroxyl groups excluding tert-OH is 1. The number of carbonyl (C=O) groups excluding carboxylic acids is 2. The van der Waals surface area contributed by atoms with Gasteiger partial charge >= 0.3 is 0 Å². The highest BCUT2D eigenvalue weighted by Crippen LogP contribution is 2.32. The number of likely N-dealkylation sites (N-methyl/N-ethyl adjacent to an activating group) is 1. The maximum Gasteiger partial charge on any atom is 0.227 e. The smallest absolute Gasteiger partial charge is 0.227 e. The lowest BCUT2D eigenvalue weighted by molar-refractivity contribution is -0.134. The van der Waals surface area contributed by atoms with Crippen molar-refractivity contribution in [2.45, 2.75) is 51.8 Å². The van der Waals surface area contributed by atoms with Gasteiger partial charge in [-0.3, -0.25) is 19.5 Å². The van der Waals surface area contributed by atoms with E-state index in [1.165, 1.54) is 5.56 Å². The second-order valence-corrected chi connectivity index (χ2v) is 10.0. The number of ether oxygens (including phenoxy) is 1. The number of nitrogens with one attached hydrogen (secondary N) is 1. The van der Waals surface area contributed by atoms with Gasteiger partial charge in [0.25, 0.3) is 0 Å². The predicted octanol–water partition coefficient (Wildman–Crippen LogP) is 2.71. The lowest BCUT2D eigenvalue weighted by Crippen LogP contribution is -2.47. The van der Waals surface area contributed by atoms with Crippen LogP contribution in [-0.4, -0.2) is 70.6 Å². The van der Waals surface area contributed by atoms with E-state index in [2.05, 4.69) is 29.2 Å². The monoisotopic (exact) mass is 480 g/mol. The van der Waals surface area contributed by atoms with Crippen molar-refractivity contribution in [1.82, 2.24) is 14.8 Å². The maximum atomic E-state index is 13.3. The molecule has 1 aromatic carbocycles. The quantitative estimate of drug-likeness (QED) is 0.603. The molecule has 2 aliphatic rings. The summed E-state index contributed by atoms with van der Waals surface area (Å²) in [4.78, 5) is 33.6. The van der Waals surface area contributed by atoms with Crippen molar-refractivity contribution < 1.29 is 19.4 Å². The van der Waals surface area contributed by atoms with Crippen LogP contribution in [0.1, 0.15) is 37.8 Å². The molecule has 2 aromatic rings. The zero-order valence-electron chi connectivity index (χ0n) is 20.8. The van der Waals surface area contributed by atoms with Crippen LogP contribution in [0.15, 0.2) is 42.7 Å². The Kier molecular flexibility index (Phi) is 8.03. The molecule has 8 nitrogen and oxygen atoms in total. The molecule has 2 heterocycles. The molecule has 1 aliphatic heterocycles. The van der Waals surface area contributed by atoms with E-state index in [4.69, 9.17) is 4.74 Å². The molecule has 1 saturated carbocycles. The molecule has 0 saturated heterocycles. The van der Waals surface area contributed by atoms with Gasteiger partial charge in [0, 0.05) is 55.1 Å². The number of amides is 2. The number of rotatable bonds is 8. The van der Waals surface area contributed by atoms with E-state index in [1.807, 2.05) is 37.3 Å². The summed E-state index contributed by atoms with van der Waals surface area (Å²) in [6.07, 6.45) is 5.42. The van der Waals surface area contributed by atoms with E-state index >= 15 is 0 Å². The number of benzene rings is 1. The molecule has 2 amide bonds. The highest BCUT2D eigenvalue weighted by atomic mass is 16.5. The largest absolute Gasteiger partial charge is 0.488 e. The first kappa shape index (κ1) is 25.1. The minimum Gasteiger partial charge on any atom is -0.488 e. The van der Waals surface area contributed by atoms with Crippen LogP contribution in [0.2, 0.25) is 0 Å². The van der Waals surface area contributed by atoms with Gasteiger partial charge in [0.05, 0.1) is 19.1 Å². The van der Waals surface area contributed by atoms with Crippen LogP contribution >= 0.6 is 0 Å². The fraction of sp³-hybridized carbons (Fsp3) is 0.519. The SMILES string of the molecule is C[C@H](CO)N1C[C@H](C)[C@H](CN(C)Cc2ccncc2)Oc2ccc(NC(=O)C3CC3)cc2CC1=O. The molecular formula is C27H36N4O4. The molecule has 35 heavy (non-hydrogen) atoms. The zero-order chi connectivity index (χ0) is 24.9. The third kappa shape index (κ3) is 6.58. The molecule has 0 unspecified atom stereocenters. The Morgan fingerprint density at radius 1 is 1.29 bits per heavy atom. The second kappa shape index (κ2) is 11.2. The molecule has 188 valence electrons. The molecule has 8 heteroatoms. The summed E-state index contributed by atoms with van der Waals surface area (Å²) in [6.45, 7) is 5.76. The van der Waals surface area contributed by atoms with Crippen LogP contribution in [0.25, 0.3) is 0 Å². The average Bonchev–Trinajstić information content (AvgIpc) is 3.68. The van der Waals surface area contributed by atoms with Gasteiger partial charge in [0.1, 0.15) is 11.9 Å².